The van der Waals surface area contributed by atoms with Gasteiger partial charge in [-0.05, 0) is 31.6 Å². The number of carboxylic acids is 1. The van der Waals surface area contributed by atoms with Crippen LogP contribution < -0.4 is 0 Å². The summed E-state index contributed by atoms with van der Waals surface area (Å²) in [6, 6.07) is 0.279. The molecule has 0 bridgehead atoms. The number of hydrogen-bond donors (Lipinski definition) is 1. The number of hydrogen-bond acceptors (Lipinski definition) is 2. The maximum atomic E-state index is 12.2. The number of carbonyl (C=O) groups excluding carboxylic acids is 1. The Hall–Kier alpha value is -1.06. The van der Waals surface area contributed by atoms with Gasteiger partial charge in [-0.15, -0.1) is 0 Å². The molecule has 0 saturated heterocycles. The highest BCUT2D eigenvalue weighted by Gasteiger charge is 2.32. The summed E-state index contributed by atoms with van der Waals surface area (Å²) in [4.78, 5) is 24.7. The molecule has 1 amide bonds. The summed E-state index contributed by atoms with van der Waals surface area (Å²) in [5.41, 5.74) is -0.341. The summed E-state index contributed by atoms with van der Waals surface area (Å²) in [7, 11) is 1.87. The van der Waals surface area contributed by atoms with Gasteiger partial charge in [-0.25, -0.2) is 0 Å². The first-order valence-corrected chi connectivity index (χ1v) is 6.71. The molecule has 0 aromatic carbocycles. The molecule has 1 saturated carbocycles. The lowest BCUT2D eigenvalue weighted by molar-refractivity contribution is -0.142. The number of rotatable bonds is 3. The van der Waals surface area contributed by atoms with Crippen LogP contribution in [0.25, 0.3) is 0 Å². The molecule has 0 unspecified atom stereocenters. The average molecular weight is 255 g/mol. The number of nitrogens with zero attached hydrogens (tertiary/aromatic N) is 1. The van der Waals surface area contributed by atoms with E-state index in [4.69, 9.17) is 5.11 Å². The Labute approximate surface area is 109 Å². The zero-order valence-electron chi connectivity index (χ0n) is 11.9. The maximum Gasteiger partial charge on any atom is 0.303 e. The first-order valence-electron chi connectivity index (χ1n) is 6.71. The molecule has 1 aliphatic rings. The fourth-order valence-corrected chi connectivity index (χ4v) is 2.68. The molecule has 1 aliphatic carbocycles. The second-order valence-electron chi connectivity index (χ2n) is 6.44. The van der Waals surface area contributed by atoms with Crippen LogP contribution in [0.2, 0.25) is 0 Å². The zero-order valence-corrected chi connectivity index (χ0v) is 11.9. The SMILES string of the molecule is CN(C(=O)C(C)(C)C)C1CCC(CC(=O)O)CC1. The van der Waals surface area contributed by atoms with Gasteiger partial charge in [-0.3, -0.25) is 9.59 Å². The number of carboxylic acid groups (broad SMARTS) is 1. The van der Waals surface area contributed by atoms with E-state index in [-0.39, 0.29) is 29.7 Å². The molecule has 1 rings (SSSR count). The van der Waals surface area contributed by atoms with Gasteiger partial charge in [-0.2, -0.15) is 0 Å². The maximum absolute atomic E-state index is 12.2. The second kappa shape index (κ2) is 5.72. The molecule has 1 fully saturated rings. The minimum atomic E-state index is -0.711. The van der Waals surface area contributed by atoms with Crippen LogP contribution >= 0.6 is 0 Å². The van der Waals surface area contributed by atoms with Crippen molar-refractivity contribution in [3.63, 3.8) is 0 Å². The summed E-state index contributed by atoms with van der Waals surface area (Å²) < 4.78 is 0. The van der Waals surface area contributed by atoms with Crippen molar-refractivity contribution in [3.05, 3.63) is 0 Å². The van der Waals surface area contributed by atoms with E-state index in [2.05, 4.69) is 0 Å². The van der Waals surface area contributed by atoms with Crippen LogP contribution in [0.15, 0.2) is 0 Å². The smallest absolute Gasteiger partial charge is 0.303 e. The Morgan fingerprint density at radius 3 is 2.06 bits per heavy atom. The van der Waals surface area contributed by atoms with Crippen molar-refractivity contribution in [2.45, 2.75) is 58.9 Å². The van der Waals surface area contributed by atoms with Crippen molar-refractivity contribution in [2.24, 2.45) is 11.3 Å². The van der Waals surface area contributed by atoms with Crippen molar-refractivity contribution < 1.29 is 14.7 Å². The van der Waals surface area contributed by atoms with Gasteiger partial charge in [0, 0.05) is 24.9 Å². The Kier molecular flexibility index (Phi) is 4.77. The van der Waals surface area contributed by atoms with E-state index >= 15 is 0 Å². The lowest BCUT2D eigenvalue weighted by Gasteiger charge is -2.37. The van der Waals surface area contributed by atoms with Crippen LogP contribution in [0.4, 0.5) is 0 Å². The van der Waals surface area contributed by atoms with Gasteiger partial charge < -0.3 is 10.0 Å². The van der Waals surface area contributed by atoms with Crippen LogP contribution in [0, 0.1) is 11.3 Å². The van der Waals surface area contributed by atoms with Crippen molar-refractivity contribution in [1.29, 1.82) is 0 Å². The molecule has 0 atom stereocenters. The Balaban J connectivity index is 2.48. The van der Waals surface area contributed by atoms with E-state index < -0.39 is 5.97 Å². The normalized spacial score (nSPS) is 24.7. The van der Waals surface area contributed by atoms with Gasteiger partial charge in [0.1, 0.15) is 0 Å². The minimum absolute atomic E-state index is 0.171. The van der Waals surface area contributed by atoms with Gasteiger partial charge >= 0.3 is 5.97 Å². The highest BCUT2D eigenvalue weighted by Crippen LogP contribution is 2.31. The Morgan fingerprint density at radius 2 is 1.67 bits per heavy atom. The quantitative estimate of drug-likeness (QED) is 0.843. The van der Waals surface area contributed by atoms with E-state index in [9.17, 15) is 9.59 Å². The van der Waals surface area contributed by atoms with E-state index in [0.717, 1.165) is 25.7 Å². The third-order valence-electron chi connectivity index (χ3n) is 3.79. The molecule has 0 heterocycles. The fraction of sp³-hybridized carbons (Fsp3) is 0.857. The molecule has 0 radical (unpaired) electrons. The van der Waals surface area contributed by atoms with Crippen LogP contribution in [-0.2, 0) is 9.59 Å². The average Bonchev–Trinajstić information content (AvgIpc) is 2.26. The molecular formula is C14H25NO3. The molecule has 0 spiro atoms. The van der Waals surface area contributed by atoms with Crippen LogP contribution in [-0.4, -0.2) is 35.0 Å². The van der Waals surface area contributed by atoms with Gasteiger partial charge in [0.05, 0.1) is 0 Å². The first kappa shape index (κ1) is 15.0. The van der Waals surface area contributed by atoms with Crippen LogP contribution in [0.3, 0.4) is 0 Å². The third-order valence-corrected chi connectivity index (χ3v) is 3.79. The molecule has 18 heavy (non-hydrogen) atoms. The van der Waals surface area contributed by atoms with E-state index in [1.807, 2.05) is 32.7 Å². The lowest BCUT2D eigenvalue weighted by Crippen LogP contribution is -2.44. The molecule has 0 aromatic heterocycles. The largest absolute Gasteiger partial charge is 0.481 e. The number of aliphatic carboxylic acids is 1. The van der Waals surface area contributed by atoms with E-state index in [1.165, 1.54) is 0 Å². The summed E-state index contributed by atoms with van der Waals surface area (Å²) >= 11 is 0. The second-order valence-corrected chi connectivity index (χ2v) is 6.44. The Morgan fingerprint density at radius 1 is 1.17 bits per heavy atom. The molecule has 4 nitrogen and oxygen atoms in total. The van der Waals surface area contributed by atoms with E-state index in [1.54, 1.807) is 0 Å². The molecule has 0 aromatic rings. The van der Waals surface area contributed by atoms with Crippen molar-refractivity contribution in [3.8, 4) is 0 Å². The summed E-state index contributed by atoms with van der Waals surface area (Å²) in [6.45, 7) is 5.80. The molecule has 0 aliphatic heterocycles. The highest BCUT2D eigenvalue weighted by atomic mass is 16.4. The van der Waals surface area contributed by atoms with E-state index in [0.29, 0.717) is 0 Å². The predicted molar refractivity (Wildman–Crippen MR) is 70.2 cm³/mol. The Bertz CT molecular complexity index is 311. The molecule has 4 heteroatoms. The monoisotopic (exact) mass is 255 g/mol. The standard InChI is InChI=1S/C14H25NO3/c1-14(2,3)13(18)15(4)11-7-5-10(6-8-11)9-12(16)17/h10-11H,5-9H2,1-4H3,(H,16,17). The first-order chi connectivity index (χ1) is 8.21. The van der Waals surface area contributed by atoms with Crippen molar-refractivity contribution in [2.75, 3.05) is 7.05 Å². The number of carbonyl (C=O) groups is 2. The zero-order chi connectivity index (χ0) is 13.9. The summed E-state index contributed by atoms with van der Waals surface area (Å²) in [5, 5.41) is 8.77. The van der Waals surface area contributed by atoms with Gasteiger partial charge in [0.15, 0.2) is 0 Å². The van der Waals surface area contributed by atoms with Crippen LogP contribution in [0.1, 0.15) is 52.9 Å². The van der Waals surface area contributed by atoms with Crippen LogP contribution in [0.5, 0.6) is 0 Å². The van der Waals surface area contributed by atoms with Crippen molar-refractivity contribution in [1.82, 2.24) is 4.90 Å². The summed E-state index contributed by atoms with van der Waals surface area (Å²) in [6.07, 6.45) is 3.95. The predicted octanol–water partition coefficient (Wildman–Crippen LogP) is 2.52. The molecule has 104 valence electrons. The van der Waals surface area contributed by atoms with Crippen molar-refractivity contribution >= 4 is 11.9 Å². The van der Waals surface area contributed by atoms with Gasteiger partial charge in [0.2, 0.25) is 5.91 Å². The molecule has 1 N–H and O–H groups in total. The summed E-state index contributed by atoms with van der Waals surface area (Å²) in [5.74, 6) is -0.251. The fourth-order valence-electron chi connectivity index (χ4n) is 2.68. The van der Waals surface area contributed by atoms with Gasteiger partial charge in [-0.1, -0.05) is 20.8 Å². The number of amides is 1. The lowest BCUT2D eigenvalue weighted by atomic mass is 9.83. The minimum Gasteiger partial charge on any atom is -0.481 e. The highest BCUT2D eigenvalue weighted by molar-refractivity contribution is 5.81. The third kappa shape index (κ3) is 4.00. The molecular weight excluding hydrogens is 230 g/mol. The topological polar surface area (TPSA) is 57.6 Å². The van der Waals surface area contributed by atoms with Gasteiger partial charge in [0.25, 0.3) is 0 Å².